The number of ether oxygens (including phenoxy) is 3. The number of rotatable bonds is 7. The Hall–Kier alpha value is -3.97. The lowest BCUT2D eigenvalue weighted by atomic mass is 10.1. The number of hydrogen-bond acceptors (Lipinski definition) is 6. The summed E-state index contributed by atoms with van der Waals surface area (Å²) >= 11 is 6.16. The number of anilines is 1. The lowest BCUT2D eigenvalue weighted by molar-refractivity contribution is 0.102. The molecule has 0 bridgehead atoms. The van der Waals surface area contributed by atoms with Gasteiger partial charge in [-0.25, -0.2) is 4.98 Å². The Balaban J connectivity index is 1.66. The number of oxazole rings is 1. The van der Waals surface area contributed by atoms with Crippen molar-refractivity contribution in [1.82, 2.24) is 4.98 Å². The third-order valence-electron chi connectivity index (χ3n) is 4.98. The van der Waals surface area contributed by atoms with Crippen molar-refractivity contribution < 1.29 is 23.4 Å². The summed E-state index contributed by atoms with van der Waals surface area (Å²) in [4.78, 5) is 17.6. The van der Waals surface area contributed by atoms with Crippen LogP contribution in [-0.4, -0.2) is 32.2 Å². The van der Waals surface area contributed by atoms with Gasteiger partial charge in [-0.1, -0.05) is 35.9 Å². The van der Waals surface area contributed by atoms with Crippen LogP contribution in [0.3, 0.4) is 0 Å². The van der Waals surface area contributed by atoms with Crippen LogP contribution in [0, 0.1) is 0 Å². The van der Waals surface area contributed by atoms with Gasteiger partial charge in [-0.15, -0.1) is 0 Å². The molecular formula is C25H21ClN2O5. The molecule has 168 valence electrons. The van der Waals surface area contributed by atoms with Gasteiger partial charge in [0.1, 0.15) is 17.2 Å². The van der Waals surface area contributed by atoms with E-state index in [1.165, 1.54) is 14.2 Å². The van der Waals surface area contributed by atoms with Crippen molar-refractivity contribution in [2.45, 2.75) is 0 Å². The first-order valence-electron chi connectivity index (χ1n) is 9.96. The molecule has 0 saturated heterocycles. The number of nitrogens with zero attached hydrogens (tertiary/aromatic N) is 1. The highest BCUT2D eigenvalue weighted by Gasteiger charge is 2.19. The molecule has 0 spiro atoms. The fourth-order valence-corrected chi connectivity index (χ4v) is 3.55. The van der Waals surface area contributed by atoms with Crippen molar-refractivity contribution in [2.75, 3.05) is 26.6 Å². The maximum atomic E-state index is 13.2. The van der Waals surface area contributed by atoms with Gasteiger partial charge in [-0.05, 0) is 24.3 Å². The van der Waals surface area contributed by atoms with Crippen LogP contribution in [0.15, 0.2) is 71.3 Å². The third kappa shape index (κ3) is 4.63. The van der Waals surface area contributed by atoms with E-state index in [2.05, 4.69) is 10.3 Å². The summed E-state index contributed by atoms with van der Waals surface area (Å²) in [7, 11) is 4.59. The highest BCUT2D eigenvalue weighted by atomic mass is 35.5. The topological polar surface area (TPSA) is 82.8 Å². The van der Waals surface area contributed by atoms with Crippen molar-refractivity contribution in [3.63, 3.8) is 0 Å². The molecular weight excluding hydrogens is 444 g/mol. The first-order chi connectivity index (χ1) is 16.0. The Morgan fingerprint density at radius 3 is 2.48 bits per heavy atom. The Morgan fingerprint density at radius 1 is 0.939 bits per heavy atom. The van der Waals surface area contributed by atoms with Crippen LogP contribution in [0.4, 0.5) is 5.69 Å². The summed E-state index contributed by atoms with van der Waals surface area (Å²) in [5, 5.41) is 3.23. The van der Waals surface area contributed by atoms with Gasteiger partial charge in [0.15, 0.2) is 5.76 Å². The molecule has 0 aliphatic rings. The molecule has 4 rings (SSSR count). The molecule has 8 heteroatoms. The molecule has 0 fully saturated rings. The minimum atomic E-state index is -0.366. The summed E-state index contributed by atoms with van der Waals surface area (Å²) in [6.45, 7) is 0. The van der Waals surface area contributed by atoms with Gasteiger partial charge in [0.2, 0.25) is 5.89 Å². The van der Waals surface area contributed by atoms with Gasteiger partial charge >= 0.3 is 0 Å². The summed E-state index contributed by atoms with van der Waals surface area (Å²) in [6.07, 6.45) is 1.62. The zero-order chi connectivity index (χ0) is 23.4. The number of carbonyl (C=O) groups is 1. The molecule has 0 atom stereocenters. The molecule has 0 unspecified atom stereocenters. The van der Waals surface area contributed by atoms with E-state index in [1.54, 1.807) is 43.6 Å². The Labute approximate surface area is 195 Å². The van der Waals surface area contributed by atoms with Crippen molar-refractivity contribution >= 4 is 23.2 Å². The summed E-state index contributed by atoms with van der Waals surface area (Å²) in [5.41, 5.74) is 2.16. The first-order valence-corrected chi connectivity index (χ1v) is 10.3. The first kappa shape index (κ1) is 22.2. The molecule has 1 heterocycles. The lowest BCUT2D eigenvalue weighted by Crippen LogP contribution is -2.14. The Morgan fingerprint density at radius 2 is 1.73 bits per heavy atom. The fourth-order valence-electron chi connectivity index (χ4n) is 3.32. The van der Waals surface area contributed by atoms with Crippen LogP contribution < -0.4 is 19.5 Å². The van der Waals surface area contributed by atoms with Crippen LogP contribution in [0.5, 0.6) is 17.2 Å². The predicted octanol–water partition coefficient (Wildman–Crippen LogP) is 5.94. The van der Waals surface area contributed by atoms with E-state index in [1.807, 2.05) is 30.3 Å². The van der Waals surface area contributed by atoms with Crippen LogP contribution in [0.2, 0.25) is 5.02 Å². The monoisotopic (exact) mass is 464 g/mol. The van der Waals surface area contributed by atoms with Crippen LogP contribution in [0.25, 0.3) is 22.8 Å². The quantitative estimate of drug-likeness (QED) is 0.364. The van der Waals surface area contributed by atoms with Crippen LogP contribution in [0.1, 0.15) is 10.4 Å². The normalized spacial score (nSPS) is 10.5. The summed E-state index contributed by atoms with van der Waals surface area (Å²) in [5.74, 6) is 2.04. The molecule has 1 aromatic heterocycles. The average molecular weight is 465 g/mol. The molecule has 0 aliphatic carbocycles. The Kier molecular flexibility index (Phi) is 6.51. The zero-order valence-electron chi connectivity index (χ0n) is 18.2. The number of carbonyl (C=O) groups excluding carboxylic acids is 1. The minimum absolute atomic E-state index is 0.319. The highest BCUT2D eigenvalue weighted by Crippen LogP contribution is 2.37. The maximum Gasteiger partial charge on any atom is 0.256 e. The number of amides is 1. The molecule has 0 saturated carbocycles. The number of hydrogen-bond donors (Lipinski definition) is 1. The Bertz CT molecular complexity index is 1300. The number of benzene rings is 3. The van der Waals surface area contributed by atoms with E-state index >= 15 is 0 Å². The van der Waals surface area contributed by atoms with Crippen molar-refractivity contribution in [3.8, 4) is 40.0 Å². The highest BCUT2D eigenvalue weighted by molar-refractivity contribution is 6.32. The smallest absolute Gasteiger partial charge is 0.256 e. The molecule has 0 aliphatic heterocycles. The zero-order valence-corrected chi connectivity index (χ0v) is 19.0. The van der Waals surface area contributed by atoms with E-state index in [0.29, 0.717) is 50.7 Å². The molecule has 1 amide bonds. The molecule has 7 nitrogen and oxygen atoms in total. The molecule has 1 N–H and O–H groups in total. The summed E-state index contributed by atoms with van der Waals surface area (Å²) < 4.78 is 21.9. The van der Waals surface area contributed by atoms with Crippen molar-refractivity contribution in [1.29, 1.82) is 0 Å². The van der Waals surface area contributed by atoms with Gasteiger partial charge in [0.05, 0.1) is 43.8 Å². The largest absolute Gasteiger partial charge is 0.497 e. The lowest BCUT2D eigenvalue weighted by Gasteiger charge is -2.14. The van der Waals surface area contributed by atoms with E-state index in [9.17, 15) is 4.79 Å². The SMILES string of the molecule is COc1cccc(-c2cnc(-c3ccccc3C(=O)Nc3cc(OC)c(Cl)cc3OC)o2)c1. The summed E-state index contributed by atoms with van der Waals surface area (Å²) in [6, 6.07) is 17.7. The number of methoxy groups -OCH3 is 3. The van der Waals surface area contributed by atoms with Gasteiger partial charge in [0.25, 0.3) is 5.91 Å². The average Bonchev–Trinajstić information content (AvgIpc) is 3.35. The van der Waals surface area contributed by atoms with Crippen LogP contribution >= 0.6 is 11.6 Å². The molecule has 33 heavy (non-hydrogen) atoms. The van der Waals surface area contributed by atoms with Gasteiger partial charge in [-0.2, -0.15) is 0 Å². The minimum Gasteiger partial charge on any atom is -0.497 e. The van der Waals surface area contributed by atoms with Crippen molar-refractivity contribution in [3.05, 3.63) is 77.4 Å². The van der Waals surface area contributed by atoms with Crippen molar-refractivity contribution in [2.24, 2.45) is 0 Å². The number of nitrogens with one attached hydrogen (secondary N) is 1. The predicted molar refractivity (Wildman–Crippen MR) is 126 cm³/mol. The van der Waals surface area contributed by atoms with Gasteiger partial charge < -0.3 is 23.9 Å². The number of halogens is 1. The molecule has 0 radical (unpaired) electrons. The maximum absolute atomic E-state index is 13.2. The standard InChI is InChI=1S/C25H21ClN2O5/c1-30-16-8-6-7-15(11-16)23-14-27-25(33-23)18-10-5-4-9-17(18)24(29)28-20-13-21(31-2)19(26)12-22(20)32-3/h4-14H,1-3H3,(H,28,29). The van der Waals surface area contributed by atoms with E-state index < -0.39 is 0 Å². The second-order valence-corrected chi connectivity index (χ2v) is 7.36. The van der Waals surface area contributed by atoms with Gasteiger partial charge in [0, 0.05) is 23.3 Å². The molecule has 3 aromatic carbocycles. The van der Waals surface area contributed by atoms with E-state index in [4.69, 9.17) is 30.2 Å². The third-order valence-corrected chi connectivity index (χ3v) is 5.28. The second-order valence-electron chi connectivity index (χ2n) is 6.95. The molecule has 4 aromatic rings. The second kappa shape index (κ2) is 9.67. The van der Waals surface area contributed by atoms with Crippen LogP contribution in [-0.2, 0) is 0 Å². The fraction of sp³-hybridized carbons (Fsp3) is 0.120. The number of aromatic nitrogens is 1. The van der Waals surface area contributed by atoms with Gasteiger partial charge in [-0.3, -0.25) is 4.79 Å². The van der Waals surface area contributed by atoms with E-state index in [0.717, 1.165) is 5.56 Å². The van der Waals surface area contributed by atoms with E-state index in [-0.39, 0.29) is 5.91 Å².